The molecule has 1 aliphatic heterocycles. The molecule has 1 N–H and O–H groups in total. The highest BCUT2D eigenvalue weighted by molar-refractivity contribution is 6.14. The van der Waals surface area contributed by atoms with Gasteiger partial charge >= 0.3 is 0 Å². The molecule has 1 saturated heterocycles. The third-order valence-electron chi connectivity index (χ3n) is 4.41. The number of carbonyl (C=O) groups is 1. The first-order valence-corrected chi connectivity index (χ1v) is 8.69. The molecule has 2 aromatic carbocycles. The number of para-hydroxylation sites is 1. The van der Waals surface area contributed by atoms with Crippen LogP contribution in [0.3, 0.4) is 0 Å². The van der Waals surface area contributed by atoms with Crippen LogP contribution in [0.4, 0.5) is 0 Å². The van der Waals surface area contributed by atoms with Crippen molar-refractivity contribution in [1.29, 1.82) is 0 Å². The van der Waals surface area contributed by atoms with E-state index < -0.39 is 0 Å². The molecule has 0 aromatic heterocycles. The summed E-state index contributed by atoms with van der Waals surface area (Å²) in [4.78, 5) is 12.9. The lowest BCUT2D eigenvalue weighted by molar-refractivity contribution is -0.114. The highest BCUT2D eigenvalue weighted by Gasteiger charge is 2.22. The van der Waals surface area contributed by atoms with Crippen molar-refractivity contribution in [2.75, 3.05) is 34.5 Å². The maximum absolute atomic E-state index is 12.9. The van der Waals surface area contributed by atoms with Crippen molar-refractivity contribution in [3.05, 3.63) is 58.7 Å². The number of rotatable bonds is 5. The van der Waals surface area contributed by atoms with Crippen molar-refractivity contribution in [1.82, 2.24) is 0 Å². The topological polar surface area (TPSA) is 74.2 Å². The molecule has 0 radical (unpaired) electrons. The molecule has 0 saturated carbocycles. The molecular weight excluding hydrogens is 360 g/mol. The Bertz CT molecular complexity index is 942. The Labute approximate surface area is 163 Å². The minimum Gasteiger partial charge on any atom is -0.504 e. The van der Waals surface area contributed by atoms with Gasteiger partial charge in [0, 0.05) is 16.7 Å². The molecule has 6 nitrogen and oxygen atoms in total. The number of ketones is 1. The molecule has 1 heterocycles. The second-order valence-electron chi connectivity index (χ2n) is 6.18. The Hall–Kier alpha value is -3.25. The number of benzene rings is 2. The van der Waals surface area contributed by atoms with E-state index in [1.165, 1.54) is 13.2 Å². The highest BCUT2D eigenvalue weighted by Crippen LogP contribution is 2.33. The van der Waals surface area contributed by atoms with E-state index in [-0.39, 0.29) is 24.7 Å². The molecule has 6 heteroatoms. The van der Waals surface area contributed by atoms with Gasteiger partial charge in [-0.05, 0) is 35.9 Å². The van der Waals surface area contributed by atoms with Crippen molar-refractivity contribution in [3.63, 3.8) is 0 Å². The molecule has 0 atom stereocenters. The van der Waals surface area contributed by atoms with Gasteiger partial charge < -0.3 is 24.1 Å². The Balaban J connectivity index is 1.94. The van der Waals surface area contributed by atoms with Crippen LogP contribution < -0.4 is 14.2 Å². The fraction of sp³-hybridized carbons (Fsp3) is 0.227. The minimum atomic E-state index is -0.0943. The number of phenols is 1. The molecule has 0 aliphatic carbocycles. The molecule has 1 fully saturated rings. The molecule has 0 bridgehead atoms. The first-order chi connectivity index (χ1) is 13.6. The summed E-state index contributed by atoms with van der Waals surface area (Å²) in [5.41, 5.74) is 2.52. The molecule has 28 heavy (non-hydrogen) atoms. The van der Waals surface area contributed by atoms with Crippen LogP contribution in [0.25, 0.3) is 12.2 Å². The van der Waals surface area contributed by atoms with E-state index in [0.29, 0.717) is 28.4 Å². The van der Waals surface area contributed by atoms with Gasteiger partial charge in [-0.25, -0.2) is 0 Å². The predicted octanol–water partition coefficient (Wildman–Crippen LogP) is 3.48. The quantitative estimate of drug-likeness (QED) is 0.798. The summed E-state index contributed by atoms with van der Waals surface area (Å²) in [7, 11) is 4.60. The van der Waals surface area contributed by atoms with Crippen molar-refractivity contribution in [2.24, 2.45) is 0 Å². The lowest BCUT2D eigenvalue weighted by Crippen LogP contribution is -2.22. The largest absolute Gasteiger partial charge is 0.504 e. The van der Waals surface area contributed by atoms with E-state index >= 15 is 0 Å². The van der Waals surface area contributed by atoms with E-state index in [2.05, 4.69) is 0 Å². The third-order valence-corrected chi connectivity index (χ3v) is 4.41. The van der Waals surface area contributed by atoms with Crippen LogP contribution in [0, 0.1) is 0 Å². The lowest BCUT2D eigenvalue weighted by atomic mass is 9.97. The Kier molecular flexibility index (Phi) is 6.01. The zero-order chi connectivity index (χ0) is 20.1. The molecule has 0 spiro atoms. The number of Topliss-reactive ketones (excluding diaryl/α,β-unsaturated/α-hetero) is 1. The summed E-state index contributed by atoms with van der Waals surface area (Å²) in [6.07, 6.45) is 3.49. The number of phenolic OH excluding ortho intramolecular Hbond substituents is 1. The normalized spacial score (nSPS) is 17.0. The van der Waals surface area contributed by atoms with Gasteiger partial charge in [-0.2, -0.15) is 0 Å². The Morgan fingerprint density at radius 3 is 2.32 bits per heavy atom. The number of hydrogen-bond acceptors (Lipinski definition) is 6. The van der Waals surface area contributed by atoms with Gasteiger partial charge in [-0.3, -0.25) is 4.79 Å². The zero-order valence-corrected chi connectivity index (χ0v) is 16.0. The number of carbonyl (C=O) groups excluding carboxylic acids is 1. The number of ether oxygens (including phenoxy) is 4. The van der Waals surface area contributed by atoms with Gasteiger partial charge in [-0.15, -0.1) is 0 Å². The number of aromatic hydroxyl groups is 1. The van der Waals surface area contributed by atoms with E-state index in [0.717, 1.165) is 11.1 Å². The molecule has 3 rings (SSSR count). The SMILES string of the molecule is COc1cc(/C=C2\COC/C(=C\c3cccc(OC)c3OC)C2=O)ccc1O. The van der Waals surface area contributed by atoms with E-state index in [1.54, 1.807) is 44.6 Å². The average Bonchev–Trinajstić information content (AvgIpc) is 2.72. The van der Waals surface area contributed by atoms with Crippen LogP contribution in [0.5, 0.6) is 23.0 Å². The number of hydrogen-bond donors (Lipinski definition) is 1. The van der Waals surface area contributed by atoms with E-state index in [4.69, 9.17) is 18.9 Å². The fourth-order valence-corrected chi connectivity index (χ4v) is 3.02. The van der Waals surface area contributed by atoms with Gasteiger partial charge in [0.2, 0.25) is 0 Å². The van der Waals surface area contributed by atoms with E-state index in [9.17, 15) is 9.90 Å². The second kappa shape index (κ2) is 8.63. The fourth-order valence-electron chi connectivity index (χ4n) is 3.02. The molecule has 146 valence electrons. The van der Waals surface area contributed by atoms with E-state index in [1.807, 2.05) is 12.1 Å². The standard InChI is InChI=1S/C22H22O6/c1-25-19-6-4-5-15(22(19)27-3)11-17-13-28-12-16(21(17)24)9-14-7-8-18(23)20(10-14)26-2/h4-11,23H,12-13H2,1-3H3/b16-9+,17-11+. The summed E-state index contributed by atoms with van der Waals surface area (Å²) in [5, 5.41) is 9.72. The molecular formula is C22H22O6. The van der Waals surface area contributed by atoms with Gasteiger partial charge in [0.1, 0.15) is 0 Å². The maximum atomic E-state index is 12.9. The van der Waals surface area contributed by atoms with Crippen LogP contribution in [0.1, 0.15) is 11.1 Å². The van der Waals surface area contributed by atoms with Crippen molar-refractivity contribution in [3.8, 4) is 23.0 Å². The van der Waals surface area contributed by atoms with Crippen LogP contribution in [0.2, 0.25) is 0 Å². The van der Waals surface area contributed by atoms with Gasteiger partial charge in [-0.1, -0.05) is 18.2 Å². The van der Waals surface area contributed by atoms with Crippen molar-refractivity contribution in [2.45, 2.75) is 0 Å². The number of methoxy groups -OCH3 is 3. The van der Waals surface area contributed by atoms with Crippen molar-refractivity contribution >= 4 is 17.9 Å². The van der Waals surface area contributed by atoms with Crippen LogP contribution in [-0.4, -0.2) is 45.4 Å². The zero-order valence-electron chi connectivity index (χ0n) is 16.0. The highest BCUT2D eigenvalue weighted by atomic mass is 16.5. The van der Waals surface area contributed by atoms with Crippen LogP contribution in [-0.2, 0) is 9.53 Å². The molecule has 0 unspecified atom stereocenters. The van der Waals surface area contributed by atoms with Gasteiger partial charge in [0.15, 0.2) is 28.8 Å². The summed E-state index contributed by atoms with van der Waals surface area (Å²) in [6.45, 7) is 0.435. The first kappa shape index (κ1) is 19.5. The smallest absolute Gasteiger partial charge is 0.189 e. The summed E-state index contributed by atoms with van der Waals surface area (Å²) in [5.74, 6) is 1.44. The molecule has 0 amide bonds. The first-order valence-electron chi connectivity index (χ1n) is 8.69. The summed E-state index contributed by atoms with van der Waals surface area (Å²) < 4.78 is 21.5. The maximum Gasteiger partial charge on any atom is 0.189 e. The average molecular weight is 382 g/mol. The molecule has 1 aliphatic rings. The van der Waals surface area contributed by atoms with Gasteiger partial charge in [0.25, 0.3) is 0 Å². The minimum absolute atomic E-state index is 0.0431. The molecule has 2 aromatic rings. The summed E-state index contributed by atoms with van der Waals surface area (Å²) in [6, 6.07) is 10.4. The monoisotopic (exact) mass is 382 g/mol. The Morgan fingerprint density at radius 2 is 1.64 bits per heavy atom. The predicted molar refractivity (Wildman–Crippen MR) is 106 cm³/mol. The Morgan fingerprint density at radius 1 is 0.929 bits per heavy atom. The van der Waals surface area contributed by atoms with Gasteiger partial charge in [0.05, 0.1) is 34.5 Å². The third kappa shape index (κ3) is 4.02. The van der Waals surface area contributed by atoms with Crippen LogP contribution >= 0.6 is 0 Å². The second-order valence-corrected chi connectivity index (χ2v) is 6.18. The van der Waals surface area contributed by atoms with Crippen molar-refractivity contribution < 1.29 is 28.8 Å². The summed E-state index contributed by atoms with van der Waals surface area (Å²) >= 11 is 0. The lowest BCUT2D eigenvalue weighted by Gasteiger charge is -2.18. The van der Waals surface area contributed by atoms with Crippen LogP contribution in [0.15, 0.2) is 47.5 Å².